The minimum atomic E-state index is -4.66. The molecule has 0 heterocycles. The topological polar surface area (TPSA) is 84.9 Å². The van der Waals surface area contributed by atoms with Crippen LogP contribution in [0.4, 0.5) is 18.0 Å². The molecule has 2 aromatic carbocycles. The van der Waals surface area contributed by atoms with Crippen LogP contribution >= 0.6 is 0 Å². The summed E-state index contributed by atoms with van der Waals surface area (Å²) in [6.45, 7) is 6.08. The normalized spacial score (nSPS) is 12.4. The standard InChI is InChI=1S/C26H31F3N2O5/c1-5-35-22(32)17-31(16-18-11-7-6-8-12-18)23(33)21(30-24(34)36-25(2,3)4)15-19-13-9-10-14-20(19)26(27,28)29/h6-14,21H,5,15-17H2,1-4H3,(H,30,34)/t21-/m1/s1. The summed E-state index contributed by atoms with van der Waals surface area (Å²) in [7, 11) is 0. The van der Waals surface area contributed by atoms with Crippen molar-refractivity contribution >= 4 is 18.0 Å². The van der Waals surface area contributed by atoms with Gasteiger partial charge in [-0.05, 0) is 44.9 Å². The molecule has 0 saturated carbocycles. The summed E-state index contributed by atoms with van der Waals surface area (Å²) in [6, 6.07) is 12.1. The van der Waals surface area contributed by atoms with E-state index in [-0.39, 0.29) is 18.7 Å². The first-order chi connectivity index (χ1) is 16.8. The van der Waals surface area contributed by atoms with Gasteiger partial charge in [0.1, 0.15) is 18.2 Å². The van der Waals surface area contributed by atoms with Crippen molar-refractivity contribution in [1.82, 2.24) is 10.2 Å². The molecule has 0 unspecified atom stereocenters. The second-order valence-electron chi connectivity index (χ2n) is 9.04. The molecule has 0 aromatic heterocycles. The molecule has 1 N–H and O–H groups in total. The predicted octanol–water partition coefficient (Wildman–Crippen LogP) is 4.73. The number of alkyl carbamates (subject to hydrolysis) is 1. The van der Waals surface area contributed by atoms with Crippen LogP contribution in [0.5, 0.6) is 0 Å². The van der Waals surface area contributed by atoms with E-state index < -0.39 is 54.3 Å². The summed E-state index contributed by atoms with van der Waals surface area (Å²) in [4.78, 5) is 39.5. The quantitative estimate of drug-likeness (QED) is 0.495. The molecule has 36 heavy (non-hydrogen) atoms. The Hall–Kier alpha value is -3.56. The average molecular weight is 509 g/mol. The van der Waals surface area contributed by atoms with Crippen molar-refractivity contribution in [2.45, 2.75) is 58.5 Å². The molecule has 0 saturated heterocycles. The molecule has 10 heteroatoms. The third-order valence-electron chi connectivity index (χ3n) is 4.89. The molecule has 196 valence electrons. The lowest BCUT2D eigenvalue weighted by Gasteiger charge is -2.29. The van der Waals surface area contributed by atoms with Gasteiger partial charge in [-0.25, -0.2) is 4.79 Å². The molecule has 2 aromatic rings. The Kier molecular flexibility index (Phi) is 9.89. The number of rotatable bonds is 9. The summed E-state index contributed by atoms with van der Waals surface area (Å²) in [5.74, 6) is -1.44. The molecule has 1 atom stereocenters. The maximum Gasteiger partial charge on any atom is 0.416 e. The zero-order valence-corrected chi connectivity index (χ0v) is 20.7. The number of esters is 1. The van der Waals surface area contributed by atoms with Gasteiger partial charge < -0.3 is 19.7 Å². The van der Waals surface area contributed by atoms with Gasteiger partial charge in [0.05, 0.1) is 12.2 Å². The second kappa shape index (κ2) is 12.4. The summed E-state index contributed by atoms with van der Waals surface area (Å²) in [5.41, 5.74) is -1.33. The summed E-state index contributed by atoms with van der Waals surface area (Å²) >= 11 is 0. The first-order valence-electron chi connectivity index (χ1n) is 11.4. The van der Waals surface area contributed by atoms with E-state index >= 15 is 0 Å². The number of amides is 2. The number of carbonyl (C=O) groups excluding carboxylic acids is 3. The van der Waals surface area contributed by atoms with E-state index in [1.807, 2.05) is 0 Å². The van der Waals surface area contributed by atoms with E-state index in [9.17, 15) is 27.6 Å². The Labute approximate surface area is 208 Å². The fourth-order valence-corrected chi connectivity index (χ4v) is 3.44. The minimum Gasteiger partial charge on any atom is -0.465 e. The number of nitrogens with zero attached hydrogens (tertiary/aromatic N) is 1. The molecule has 0 aliphatic carbocycles. The number of alkyl halides is 3. The van der Waals surface area contributed by atoms with Crippen molar-refractivity contribution in [3.05, 3.63) is 71.3 Å². The van der Waals surface area contributed by atoms with E-state index in [0.29, 0.717) is 5.56 Å². The van der Waals surface area contributed by atoms with Crippen LogP contribution in [0.2, 0.25) is 0 Å². The number of carbonyl (C=O) groups is 3. The van der Waals surface area contributed by atoms with E-state index in [1.54, 1.807) is 58.0 Å². The zero-order chi connectivity index (χ0) is 26.9. The Balaban J connectivity index is 2.43. The molecule has 7 nitrogen and oxygen atoms in total. The lowest BCUT2D eigenvalue weighted by molar-refractivity contribution is -0.150. The van der Waals surface area contributed by atoms with Gasteiger partial charge in [-0.2, -0.15) is 13.2 Å². The lowest BCUT2D eigenvalue weighted by atomic mass is 9.98. The summed E-state index contributed by atoms with van der Waals surface area (Å²) < 4.78 is 51.1. The summed E-state index contributed by atoms with van der Waals surface area (Å²) in [6.07, 6.45) is -6.10. The Morgan fingerprint density at radius 3 is 2.17 bits per heavy atom. The number of benzene rings is 2. The molecule has 0 spiro atoms. The molecule has 2 rings (SSSR count). The minimum absolute atomic E-state index is 0.0219. The SMILES string of the molecule is CCOC(=O)CN(Cc1ccccc1)C(=O)[C@@H](Cc1ccccc1C(F)(F)F)NC(=O)OC(C)(C)C. The van der Waals surface area contributed by atoms with E-state index in [2.05, 4.69) is 5.32 Å². The van der Waals surface area contributed by atoms with Crippen LogP contribution in [0.25, 0.3) is 0 Å². The van der Waals surface area contributed by atoms with Crippen molar-refractivity contribution in [2.24, 2.45) is 0 Å². The highest BCUT2D eigenvalue weighted by molar-refractivity contribution is 5.88. The van der Waals surface area contributed by atoms with Gasteiger partial charge in [0.15, 0.2) is 0 Å². The van der Waals surface area contributed by atoms with Crippen molar-refractivity contribution in [1.29, 1.82) is 0 Å². The van der Waals surface area contributed by atoms with Crippen LogP contribution in [0.15, 0.2) is 54.6 Å². The van der Waals surface area contributed by atoms with Crippen molar-refractivity contribution in [2.75, 3.05) is 13.2 Å². The van der Waals surface area contributed by atoms with Crippen LogP contribution in [-0.2, 0) is 38.2 Å². The lowest BCUT2D eigenvalue weighted by Crippen LogP contribution is -2.51. The van der Waals surface area contributed by atoms with Gasteiger partial charge >= 0.3 is 18.2 Å². The van der Waals surface area contributed by atoms with E-state index in [0.717, 1.165) is 11.0 Å². The van der Waals surface area contributed by atoms with Gasteiger partial charge in [-0.3, -0.25) is 9.59 Å². The Morgan fingerprint density at radius 2 is 1.58 bits per heavy atom. The second-order valence-corrected chi connectivity index (χ2v) is 9.04. The highest BCUT2D eigenvalue weighted by Crippen LogP contribution is 2.32. The maximum atomic E-state index is 13.6. The average Bonchev–Trinajstić information content (AvgIpc) is 2.77. The van der Waals surface area contributed by atoms with Gasteiger partial charge in [0.2, 0.25) is 5.91 Å². The highest BCUT2D eigenvalue weighted by atomic mass is 19.4. The third kappa shape index (κ3) is 9.24. The first kappa shape index (κ1) is 28.7. The monoisotopic (exact) mass is 508 g/mol. The number of nitrogens with one attached hydrogen (secondary N) is 1. The van der Waals surface area contributed by atoms with Gasteiger partial charge in [-0.1, -0.05) is 48.5 Å². The van der Waals surface area contributed by atoms with Crippen LogP contribution in [0.1, 0.15) is 44.4 Å². The first-order valence-corrected chi connectivity index (χ1v) is 11.4. The fraction of sp³-hybridized carbons (Fsp3) is 0.423. The fourth-order valence-electron chi connectivity index (χ4n) is 3.44. The van der Waals surface area contributed by atoms with E-state index in [1.165, 1.54) is 18.2 Å². The van der Waals surface area contributed by atoms with Crippen molar-refractivity contribution in [3.63, 3.8) is 0 Å². The number of hydrogen-bond acceptors (Lipinski definition) is 5. The zero-order valence-electron chi connectivity index (χ0n) is 20.7. The van der Waals surface area contributed by atoms with E-state index in [4.69, 9.17) is 9.47 Å². The molecule has 0 aliphatic heterocycles. The van der Waals surface area contributed by atoms with Gasteiger partial charge in [0.25, 0.3) is 0 Å². The van der Waals surface area contributed by atoms with Crippen LogP contribution < -0.4 is 5.32 Å². The molecular weight excluding hydrogens is 477 g/mol. The molecular formula is C26H31F3N2O5. The maximum absolute atomic E-state index is 13.6. The van der Waals surface area contributed by atoms with Crippen molar-refractivity contribution < 1.29 is 37.0 Å². The smallest absolute Gasteiger partial charge is 0.416 e. The molecule has 0 radical (unpaired) electrons. The molecule has 2 amide bonds. The number of ether oxygens (including phenoxy) is 2. The Bertz CT molecular complexity index is 1040. The van der Waals surface area contributed by atoms with Crippen LogP contribution in [-0.4, -0.2) is 47.7 Å². The third-order valence-corrected chi connectivity index (χ3v) is 4.89. The van der Waals surface area contributed by atoms with Gasteiger partial charge in [-0.15, -0.1) is 0 Å². The molecule has 0 aliphatic rings. The highest BCUT2D eigenvalue weighted by Gasteiger charge is 2.36. The van der Waals surface area contributed by atoms with Gasteiger partial charge in [0, 0.05) is 13.0 Å². The largest absolute Gasteiger partial charge is 0.465 e. The molecule has 0 bridgehead atoms. The Morgan fingerprint density at radius 1 is 0.972 bits per heavy atom. The number of hydrogen-bond donors (Lipinski definition) is 1. The predicted molar refractivity (Wildman–Crippen MR) is 127 cm³/mol. The van der Waals surface area contributed by atoms with Crippen molar-refractivity contribution in [3.8, 4) is 0 Å². The summed E-state index contributed by atoms with van der Waals surface area (Å²) in [5, 5.41) is 2.40. The van der Waals surface area contributed by atoms with Crippen LogP contribution in [0.3, 0.4) is 0 Å². The molecule has 0 fully saturated rings. The number of halogens is 3. The van der Waals surface area contributed by atoms with Crippen LogP contribution in [0, 0.1) is 0 Å².